The van der Waals surface area contributed by atoms with E-state index in [9.17, 15) is 9.90 Å². The van der Waals surface area contributed by atoms with E-state index >= 15 is 0 Å². The SMILES string of the molecule is O=C(O)[C@@H]1CCCN1Cc1ccc(-c2noc(-c3ccc(Oc4ccccc4)cc3)n2)c(Cl)c1. The monoisotopic (exact) mass is 475 g/mol. The van der Waals surface area contributed by atoms with Crippen LogP contribution in [0.3, 0.4) is 0 Å². The third-order valence-corrected chi connectivity index (χ3v) is 6.13. The first-order valence-corrected chi connectivity index (χ1v) is 11.4. The molecule has 34 heavy (non-hydrogen) atoms. The maximum atomic E-state index is 11.4. The van der Waals surface area contributed by atoms with Crippen molar-refractivity contribution in [2.45, 2.75) is 25.4 Å². The van der Waals surface area contributed by atoms with Crippen LogP contribution < -0.4 is 4.74 Å². The lowest BCUT2D eigenvalue weighted by molar-refractivity contribution is -0.142. The van der Waals surface area contributed by atoms with E-state index in [0.29, 0.717) is 41.0 Å². The number of rotatable bonds is 7. The van der Waals surface area contributed by atoms with Crippen molar-refractivity contribution in [3.8, 4) is 34.3 Å². The summed E-state index contributed by atoms with van der Waals surface area (Å²) in [5.74, 6) is 1.45. The molecule has 0 aliphatic carbocycles. The van der Waals surface area contributed by atoms with Gasteiger partial charge in [0.05, 0.1) is 5.02 Å². The number of carboxylic acids is 1. The molecule has 3 aromatic carbocycles. The van der Waals surface area contributed by atoms with Gasteiger partial charge in [0.25, 0.3) is 5.89 Å². The maximum absolute atomic E-state index is 11.4. The van der Waals surface area contributed by atoms with Gasteiger partial charge in [-0.3, -0.25) is 9.69 Å². The lowest BCUT2D eigenvalue weighted by Gasteiger charge is -2.21. The summed E-state index contributed by atoms with van der Waals surface area (Å²) in [7, 11) is 0. The summed E-state index contributed by atoms with van der Waals surface area (Å²) in [5.41, 5.74) is 2.36. The highest BCUT2D eigenvalue weighted by Crippen LogP contribution is 2.31. The highest BCUT2D eigenvalue weighted by Gasteiger charge is 2.30. The van der Waals surface area contributed by atoms with Crippen LogP contribution in [0.2, 0.25) is 5.02 Å². The number of hydrogen-bond acceptors (Lipinski definition) is 6. The number of aromatic nitrogens is 2. The smallest absolute Gasteiger partial charge is 0.320 e. The highest BCUT2D eigenvalue weighted by molar-refractivity contribution is 6.33. The van der Waals surface area contributed by atoms with Crippen LogP contribution in [0.1, 0.15) is 18.4 Å². The number of ether oxygens (including phenoxy) is 1. The zero-order chi connectivity index (χ0) is 23.5. The Morgan fingerprint density at radius 3 is 2.59 bits per heavy atom. The fourth-order valence-electron chi connectivity index (χ4n) is 4.11. The first-order valence-electron chi connectivity index (χ1n) is 11.0. The summed E-state index contributed by atoms with van der Waals surface area (Å²) in [4.78, 5) is 17.9. The second-order valence-corrected chi connectivity index (χ2v) is 8.55. The summed E-state index contributed by atoms with van der Waals surface area (Å²) in [6.07, 6.45) is 1.56. The van der Waals surface area contributed by atoms with Crippen LogP contribution in [0.5, 0.6) is 11.5 Å². The summed E-state index contributed by atoms with van der Waals surface area (Å²) in [6, 6.07) is 22.1. The van der Waals surface area contributed by atoms with E-state index in [-0.39, 0.29) is 0 Å². The first-order chi connectivity index (χ1) is 16.6. The van der Waals surface area contributed by atoms with Gasteiger partial charge in [-0.1, -0.05) is 41.0 Å². The van der Waals surface area contributed by atoms with Gasteiger partial charge in [0.2, 0.25) is 5.82 Å². The molecule has 5 rings (SSSR count). The second-order valence-electron chi connectivity index (χ2n) is 8.14. The first kappa shape index (κ1) is 22.1. The molecule has 1 saturated heterocycles. The fourth-order valence-corrected chi connectivity index (χ4v) is 4.40. The van der Waals surface area contributed by atoms with Gasteiger partial charge in [-0.25, -0.2) is 0 Å². The Morgan fingerprint density at radius 1 is 1.09 bits per heavy atom. The number of likely N-dealkylation sites (tertiary alicyclic amines) is 1. The molecule has 1 atom stereocenters. The van der Waals surface area contributed by atoms with Crippen molar-refractivity contribution < 1.29 is 19.2 Å². The molecule has 0 bridgehead atoms. The molecule has 2 heterocycles. The molecule has 0 amide bonds. The van der Waals surface area contributed by atoms with Crippen molar-refractivity contribution in [2.24, 2.45) is 0 Å². The van der Waals surface area contributed by atoms with Gasteiger partial charge >= 0.3 is 5.97 Å². The third kappa shape index (κ3) is 4.81. The van der Waals surface area contributed by atoms with E-state index in [4.69, 9.17) is 20.9 Å². The van der Waals surface area contributed by atoms with E-state index in [2.05, 4.69) is 10.1 Å². The number of para-hydroxylation sites is 1. The molecule has 1 aliphatic rings. The molecule has 4 aromatic rings. The lowest BCUT2D eigenvalue weighted by Crippen LogP contribution is -2.35. The molecule has 1 fully saturated rings. The van der Waals surface area contributed by atoms with Gasteiger partial charge in [-0.05, 0) is 73.5 Å². The molecule has 0 saturated carbocycles. The largest absolute Gasteiger partial charge is 0.480 e. The summed E-state index contributed by atoms with van der Waals surface area (Å²) in [5, 5.41) is 14.0. The van der Waals surface area contributed by atoms with Crippen molar-refractivity contribution in [1.29, 1.82) is 0 Å². The highest BCUT2D eigenvalue weighted by atomic mass is 35.5. The van der Waals surface area contributed by atoms with Crippen LogP contribution in [-0.4, -0.2) is 38.7 Å². The van der Waals surface area contributed by atoms with Crippen molar-refractivity contribution in [3.05, 3.63) is 83.4 Å². The average molecular weight is 476 g/mol. The van der Waals surface area contributed by atoms with Crippen LogP contribution in [-0.2, 0) is 11.3 Å². The molecular weight excluding hydrogens is 454 g/mol. The molecular formula is C26H22ClN3O4. The molecule has 0 radical (unpaired) electrons. The minimum Gasteiger partial charge on any atom is -0.480 e. The van der Waals surface area contributed by atoms with Crippen molar-refractivity contribution >= 4 is 17.6 Å². The number of benzene rings is 3. The number of aliphatic carboxylic acids is 1. The summed E-state index contributed by atoms with van der Waals surface area (Å²) < 4.78 is 11.3. The van der Waals surface area contributed by atoms with Crippen LogP contribution >= 0.6 is 11.6 Å². The number of halogens is 1. The van der Waals surface area contributed by atoms with Crippen LogP contribution in [0.4, 0.5) is 0 Å². The molecule has 1 N–H and O–H groups in total. The van der Waals surface area contributed by atoms with Crippen molar-refractivity contribution in [3.63, 3.8) is 0 Å². The number of hydrogen-bond donors (Lipinski definition) is 1. The Kier molecular flexibility index (Phi) is 6.29. The molecule has 1 aliphatic heterocycles. The second kappa shape index (κ2) is 9.67. The van der Waals surface area contributed by atoms with E-state index in [1.54, 1.807) is 0 Å². The fraction of sp³-hybridized carbons (Fsp3) is 0.192. The Labute approximate surface area is 201 Å². The van der Waals surface area contributed by atoms with Gasteiger partial charge in [0.15, 0.2) is 0 Å². The standard InChI is InChI=1S/C26H22ClN3O4/c27-22-15-17(16-30-14-4-7-23(30)26(31)32)8-13-21(22)24-28-25(34-29-24)18-9-11-20(12-10-18)33-19-5-2-1-3-6-19/h1-3,5-6,8-13,15,23H,4,7,14,16H2,(H,31,32)/t23-/m0/s1. The van der Waals surface area contributed by atoms with E-state index in [1.807, 2.05) is 77.7 Å². The molecule has 7 nitrogen and oxygen atoms in total. The third-order valence-electron chi connectivity index (χ3n) is 5.81. The molecule has 1 aromatic heterocycles. The quantitative estimate of drug-likeness (QED) is 0.356. The average Bonchev–Trinajstić information content (AvgIpc) is 3.51. The zero-order valence-electron chi connectivity index (χ0n) is 18.2. The number of nitrogens with zero attached hydrogens (tertiary/aromatic N) is 3. The molecule has 0 unspecified atom stereocenters. The van der Waals surface area contributed by atoms with Crippen LogP contribution in [0.25, 0.3) is 22.8 Å². The van der Waals surface area contributed by atoms with Gasteiger partial charge in [-0.2, -0.15) is 4.98 Å². The van der Waals surface area contributed by atoms with Crippen LogP contribution in [0.15, 0.2) is 77.3 Å². The molecule has 8 heteroatoms. The van der Waals surface area contributed by atoms with Gasteiger partial charge in [0.1, 0.15) is 17.5 Å². The summed E-state index contributed by atoms with van der Waals surface area (Å²) >= 11 is 6.53. The normalized spacial score (nSPS) is 16.0. The molecule has 0 spiro atoms. The predicted octanol–water partition coefficient (Wildman–Crippen LogP) is 5.90. The Bertz CT molecular complexity index is 1290. The van der Waals surface area contributed by atoms with Gasteiger partial charge in [-0.15, -0.1) is 0 Å². The minimum atomic E-state index is -0.779. The minimum absolute atomic E-state index is 0.378. The van der Waals surface area contributed by atoms with Crippen molar-refractivity contribution in [1.82, 2.24) is 15.0 Å². The molecule has 172 valence electrons. The number of carbonyl (C=O) groups is 1. The Hall–Kier alpha value is -3.68. The topological polar surface area (TPSA) is 88.7 Å². The number of carboxylic acid groups (broad SMARTS) is 1. The summed E-state index contributed by atoms with van der Waals surface area (Å²) in [6.45, 7) is 1.30. The zero-order valence-corrected chi connectivity index (χ0v) is 19.0. The van der Waals surface area contributed by atoms with Crippen molar-refractivity contribution in [2.75, 3.05) is 6.54 Å². The van der Waals surface area contributed by atoms with E-state index in [0.717, 1.165) is 29.8 Å². The van der Waals surface area contributed by atoms with E-state index in [1.165, 1.54) is 0 Å². The maximum Gasteiger partial charge on any atom is 0.320 e. The Balaban J connectivity index is 1.29. The van der Waals surface area contributed by atoms with E-state index < -0.39 is 12.0 Å². The lowest BCUT2D eigenvalue weighted by atomic mass is 10.1. The van der Waals surface area contributed by atoms with Crippen LogP contribution in [0, 0.1) is 0 Å². The van der Waals surface area contributed by atoms with Gasteiger partial charge < -0.3 is 14.4 Å². The van der Waals surface area contributed by atoms with Gasteiger partial charge in [0, 0.05) is 17.7 Å². The Morgan fingerprint density at radius 2 is 1.85 bits per heavy atom. The predicted molar refractivity (Wildman–Crippen MR) is 128 cm³/mol.